The number of nitrogens with two attached hydrogens (primary N) is 1. The smallest absolute Gasteiger partial charge is 0.229 e. The van der Waals surface area contributed by atoms with Gasteiger partial charge in [-0.05, 0) is 49.2 Å². The SMILES string of the molecule is N=C(N)N1CCC[C@H]1Cc1nc(-c2ccc(Nc3nc(-c4cccc(Br)c4)cs3)cc2)no1. The fourth-order valence-corrected chi connectivity index (χ4v) is 5.10. The highest BCUT2D eigenvalue weighted by molar-refractivity contribution is 9.10. The van der Waals surface area contributed by atoms with Crippen molar-refractivity contribution in [3.8, 4) is 22.6 Å². The molecular formula is C23H22BrN7OS. The third-order valence-corrected chi connectivity index (χ3v) is 6.83. The minimum atomic E-state index is 0.101. The summed E-state index contributed by atoms with van der Waals surface area (Å²) in [5.41, 5.74) is 9.49. The van der Waals surface area contributed by atoms with Crippen LogP contribution in [0.25, 0.3) is 22.6 Å². The number of nitrogens with one attached hydrogen (secondary N) is 2. The molecule has 8 nitrogen and oxygen atoms in total. The lowest BCUT2D eigenvalue weighted by molar-refractivity contribution is 0.320. The minimum absolute atomic E-state index is 0.101. The average Bonchev–Trinajstić information content (AvgIpc) is 3.56. The number of benzene rings is 2. The molecule has 0 radical (unpaired) electrons. The molecule has 0 amide bonds. The molecule has 0 aliphatic carbocycles. The number of aromatic nitrogens is 3. The van der Waals surface area contributed by atoms with Crippen LogP contribution in [-0.2, 0) is 6.42 Å². The molecule has 2 aromatic heterocycles. The van der Waals surface area contributed by atoms with Gasteiger partial charge >= 0.3 is 0 Å². The van der Waals surface area contributed by atoms with Crippen LogP contribution in [0.2, 0.25) is 0 Å². The Hall–Kier alpha value is -3.24. The first-order valence-corrected chi connectivity index (χ1v) is 12.2. The van der Waals surface area contributed by atoms with Gasteiger partial charge in [0.1, 0.15) is 0 Å². The van der Waals surface area contributed by atoms with E-state index in [1.807, 2.05) is 52.7 Å². The molecule has 0 spiro atoms. The van der Waals surface area contributed by atoms with Gasteiger partial charge in [0.2, 0.25) is 11.7 Å². The van der Waals surface area contributed by atoms with E-state index in [1.165, 1.54) is 0 Å². The molecule has 2 aromatic carbocycles. The average molecular weight is 524 g/mol. The maximum atomic E-state index is 7.71. The van der Waals surface area contributed by atoms with Crippen LogP contribution < -0.4 is 11.1 Å². The van der Waals surface area contributed by atoms with E-state index in [9.17, 15) is 0 Å². The van der Waals surface area contributed by atoms with Crippen LogP contribution in [0.3, 0.4) is 0 Å². The Morgan fingerprint density at radius 2 is 2.06 bits per heavy atom. The Morgan fingerprint density at radius 3 is 2.85 bits per heavy atom. The molecule has 4 N–H and O–H groups in total. The molecule has 3 heterocycles. The van der Waals surface area contributed by atoms with Crippen molar-refractivity contribution in [1.82, 2.24) is 20.0 Å². The standard InChI is InChI=1S/C23H22BrN7OS/c24-16-4-1-3-15(11-16)19-13-33-23(28-19)27-17-8-6-14(7-9-17)21-29-20(32-30-21)12-18-5-2-10-31(18)22(25)26/h1,3-4,6-9,11,13,18H,2,5,10,12H2,(H3,25,26)(H,27,28)/t18-/m0/s1. The van der Waals surface area contributed by atoms with Gasteiger partial charge in [0.25, 0.3) is 0 Å². The summed E-state index contributed by atoms with van der Waals surface area (Å²) >= 11 is 5.07. The lowest BCUT2D eigenvalue weighted by atomic mass is 10.1. The fraction of sp³-hybridized carbons (Fsp3) is 0.217. The maximum Gasteiger partial charge on any atom is 0.229 e. The Labute approximate surface area is 203 Å². The third kappa shape index (κ3) is 4.91. The van der Waals surface area contributed by atoms with Crippen LogP contribution in [0.4, 0.5) is 10.8 Å². The molecule has 10 heteroatoms. The van der Waals surface area contributed by atoms with E-state index in [4.69, 9.17) is 15.7 Å². The van der Waals surface area contributed by atoms with Gasteiger partial charge in [-0.15, -0.1) is 11.3 Å². The van der Waals surface area contributed by atoms with E-state index in [0.717, 1.165) is 51.5 Å². The van der Waals surface area contributed by atoms with E-state index in [-0.39, 0.29) is 12.0 Å². The molecular weight excluding hydrogens is 502 g/mol. The number of nitrogens with zero attached hydrogens (tertiary/aromatic N) is 4. The number of hydrogen-bond acceptors (Lipinski definition) is 7. The summed E-state index contributed by atoms with van der Waals surface area (Å²) in [7, 11) is 0. The quantitative estimate of drug-likeness (QED) is 0.233. The second kappa shape index (κ2) is 9.32. The first kappa shape index (κ1) is 21.6. The third-order valence-electron chi connectivity index (χ3n) is 5.58. The van der Waals surface area contributed by atoms with Crippen molar-refractivity contribution in [3.63, 3.8) is 0 Å². The summed E-state index contributed by atoms with van der Waals surface area (Å²) in [6.07, 6.45) is 2.58. The molecule has 33 heavy (non-hydrogen) atoms. The summed E-state index contributed by atoms with van der Waals surface area (Å²) in [6, 6.07) is 16.1. The zero-order valence-corrected chi connectivity index (χ0v) is 20.1. The van der Waals surface area contributed by atoms with E-state index >= 15 is 0 Å². The van der Waals surface area contributed by atoms with E-state index in [1.54, 1.807) is 11.3 Å². The lowest BCUT2D eigenvalue weighted by Gasteiger charge is -2.23. The van der Waals surface area contributed by atoms with Crippen molar-refractivity contribution in [1.29, 1.82) is 5.41 Å². The first-order valence-electron chi connectivity index (χ1n) is 10.6. The van der Waals surface area contributed by atoms with Crippen LogP contribution >= 0.6 is 27.3 Å². The maximum absolute atomic E-state index is 7.71. The Bertz CT molecular complexity index is 1270. The summed E-state index contributed by atoms with van der Waals surface area (Å²) in [6.45, 7) is 0.805. The van der Waals surface area contributed by atoms with Crippen molar-refractivity contribution in [3.05, 3.63) is 64.3 Å². The second-order valence-corrected chi connectivity index (χ2v) is 9.61. The van der Waals surface area contributed by atoms with Crippen molar-refractivity contribution in [2.75, 3.05) is 11.9 Å². The first-order chi connectivity index (χ1) is 16.0. The zero-order valence-electron chi connectivity index (χ0n) is 17.7. The molecule has 0 saturated carbocycles. The molecule has 1 aliphatic heterocycles. The van der Waals surface area contributed by atoms with Gasteiger partial charge in [-0.25, -0.2) is 4.98 Å². The van der Waals surface area contributed by atoms with Crippen molar-refractivity contribution < 1.29 is 4.52 Å². The molecule has 168 valence electrons. The summed E-state index contributed by atoms with van der Waals surface area (Å²) in [5, 5.41) is 18.1. The van der Waals surface area contributed by atoms with Crippen LogP contribution in [0, 0.1) is 5.41 Å². The molecule has 0 unspecified atom stereocenters. The molecule has 1 atom stereocenters. The van der Waals surface area contributed by atoms with E-state index in [2.05, 4.69) is 42.4 Å². The fourth-order valence-electron chi connectivity index (χ4n) is 3.96. The molecule has 1 saturated heterocycles. The second-order valence-electron chi connectivity index (χ2n) is 7.84. The number of halogens is 1. The van der Waals surface area contributed by atoms with Crippen LogP contribution in [0.15, 0.2) is 62.9 Å². The summed E-state index contributed by atoms with van der Waals surface area (Å²) < 4.78 is 6.49. The highest BCUT2D eigenvalue weighted by atomic mass is 79.9. The molecule has 5 rings (SSSR count). The molecule has 1 fully saturated rings. The molecule has 4 aromatic rings. The van der Waals surface area contributed by atoms with Gasteiger partial charge < -0.3 is 20.5 Å². The predicted molar refractivity (Wildman–Crippen MR) is 134 cm³/mol. The van der Waals surface area contributed by atoms with Gasteiger partial charge in [0.15, 0.2) is 11.1 Å². The Morgan fingerprint density at radius 1 is 1.21 bits per heavy atom. The van der Waals surface area contributed by atoms with Gasteiger partial charge in [-0.1, -0.05) is 33.2 Å². The van der Waals surface area contributed by atoms with E-state index < -0.39 is 0 Å². The minimum Gasteiger partial charge on any atom is -0.370 e. The summed E-state index contributed by atoms with van der Waals surface area (Å²) in [4.78, 5) is 11.1. The molecule has 1 aliphatic rings. The number of rotatable bonds is 6. The lowest BCUT2D eigenvalue weighted by Crippen LogP contribution is -2.41. The normalized spacial score (nSPS) is 15.7. The zero-order chi connectivity index (χ0) is 22.8. The van der Waals surface area contributed by atoms with Crippen molar-refractivity contribution in [2.45, 2.75) is 25.3 Å². The monoisotopic (exact) mass is 523 g/mol. The molecule has 0 bridgehead atoms. The van der Waals surface area contributed by atoms with Crippen molar-refractivity contribution in [2.24, 2.45) is 5.73 Å². The van der Waals surface area contributed by atoms with Crippen LogP contribution in [0.1, 0.15) is 18.7 Å². The predicted octanol–water partition coefficient (Wildman–Crippen LogP) is 5.27. The Balaban J connectivity index is 1.24. The topological polar surface area (TPSA) is 117 Å². The number of thiazole rings is 1. The number of hydrogen-bond donors (Lipinski definition) is 3. The van der Waals surface area contributed by atoms with Gasteiger partial charge in [-0.2, -0.15) is 4.98 Å². The van der Waals surface area contributed by atoms with Crippen LogP contribution in [-0.4, -0.2) is 38.6 Å². The van der Waals surface area contributed by atoms with E-state index in [0.29, 0.717) is 18.1 Å². The Kier molecular flexibility index (Phi) is 6.10. The van der Waals surface area contributed by atoms with Gasteiger partial charge in [0.05, 0.1) is 5.69 Å². The summed E-state index contributed by atoms with van der Waals surface area (Å²) in [5.74, 6) is 1.22. The highest BCUT2D eigenvalue weighted by Crippen LogP contribution is 2.29. The number of anilines is 2. The van der Waals surface area contributed by atoms with Crippen molar-refractivity contribution >= 4 is 44.0 Å². The number of likely N-dealkylation sites (tertiary alicyclic amines) is 1. The number of guanidine groups is 1. The highest BCUT2D eigenvalue weighted by Gasteiger charge is 2.27. The largest absolute Gasteiger partial charge is 0.370 e. The van der Waals surface area contributed by atoms with Gasteiger partial charge in [0, 0.05) is 45.7 Å². The van der Waals surface area contributed by atoms with Crippen LogP contribution in [0.5, 0.6) is 0 Å². The van der Waals surface area contributed by atoms with Gasteiger partial charge in [-0.3, -0.25) is 5.41 Å².